The third-order valence-electron chi connectivity index (χ3n) is 3.30. The lowest BCUT2D eigenvalue weighted by Crippen LogP contribution is -1.96. The summed E-state index contributed by atoms with van der Waals surface area (Å²) < 4.78 is 13.2. The molecule has 0 aliphatic rings. The first kappa shape index (κ1) is 11.8. The Kier molecular flexibility index (Phi) is 3.00. The zero-order valence-electron chi connectivity index (χ0n) is 10.7. The Labute approximate surface area is 111 Å². The van der Waals surface area contributed by atoms with Crippen LogP contribution in [0.3, 0.4) is 0 Å². The summed E-state index contributed by atoms with van der Waals surface area (Å²) >= 11 is 0. The summed E-state index contributed by atoms with van der Waals surface area (Å²) in [5.74, 6) is -0.191. The maximum Gasteiger partial charge on any atom is 0.123 e. The molecular weight excluding hydrogens is 237 g/mol. The molecule has 0 bridgehead atoms. The van der Waals surface area contributed by atoms with Crippen molar-refractivity contribution in [2.24, 2.45) is 0 Å². The molecule has 0 fully saturated rings. The van der Waals surface area contributed by atoms with Crippen molar-refractivity contribution in [2.75, 3.05) is 0 Å². The average Bonchev–Trinajstić information content (AvgIpc) is 2.40. The Morgan fingerprint density at radius 2 is 1.84 bits per heavy atom. The van der Waals surface area contributed by atoms with E-state index in [0.717, 1.165) is 27.7 Å². The van der Waals surface area contributed by atoms with E-state index in [-0.39, 0.29) is 5.82 Å². The number of benzene rings is 2. The molecule has 0 saturated carbocycles. The number of aryl methyl sites for hydroxylation is 1. The number of halogens is 1. The van der Waals surface area contributed by atoms with Gasteiger partial charge < -0.3 is 0 Å². The minimum Gasteiger partial charge on any atom is -0.253 e. The number of hydrogen-bond acceptors (Lipinski definition) is 1. The molecule has 1 aromatic heterocycles. The third-order valence-corrected chi connectivity index (χ3v) is 3.30. The van der Waals surface area contributed by atoms with Gasteiger partial charge in [0.05, 0.1) is 5.52 Å². The molecule has 0 unspecified atom stereocenters. The van der Waals surface area contributed by atoms with Gasteiger partial charge in [0.15, 0.2) is 0 Å². The third kappa shape index (κ3) is 2.48. The molecule has 0 amide bonds. The van der Waals surface area contributed by atoms with Crippen molar-refractivity contribution in [3.05, 3.63) is 77.2 Å². The summed E-state index contributed by atoms with van der Waals surface area (Å²) in [6.07, 6.45) is 0.710. The molecule has 1 nitrogen and oxygen atoms in total. The van der Waals surface area contributed by atoms with Crippen LogP contribution in [0.1, 0.15) is 16.8 Å². The highest BCUT2D eigenvalue weighted by molar-refractivity contribution is 5.79. The second-order valence-electron chi connectivity index (χ2n) is 4.73. The Bertz CT molecular complexity index is 734. The molecule has 3 aromatic rings. The van der Waals surface area contributed by atoms with Crippen LogP contribution in [0.15, 0.2) is 54.6 Å². The molecule has 0 aliphatic heterocycles. The van der Waals surface area contributed by atoms with E-state index in [1.807, 2.05) is 31.2 Å². The molecule has 0 N–H and O–H groups in total. The van der Waals surface area contributed by atoms with Gasteiger partial charge in [-0.1, -0.05) is 30.3 Å². The maximum absolute atomic E-state index is 13.2. The van der Waals surface area contributed by atoms with Crippen LogP contribution in [0.2, 0.25) is 0 Å². The van der Waals surface area contributed by atoms with Crippen molar-refractivity contribution in [2.45, 2.75) is 13.3 Å². The highest BCUT2D eigenvalue weighted by atomic mass is 19.1. The first-order chi connectivity index (χ1) is 9.22. The minimum absolute atomic E-state index is 0.191. The van der Waals surface area contributed by atoms with E-state index in [4.69, 9.17) is 0 Å². The lowest BCUT2D eigenvalue weighted by atomic mass is 10.0. The predicted molar refractivity (Wildman–Crippen MR) is 75.7 cm³/mol. The van der Waals surface area contributed by atoms with Gasteiger partial charge in [-0.25, -0.2) is 4.39 Å². The maximum atomic E-state index is 13.2. The molecule has 94 valence electrons. The van der Waals surface area contributed by atoms with Crippen molar-refractivity contribution >= 4 is 10.9 Å². The number of nitrogens with zero attached hydrogens (tertiary/aromatic N) is 1. The molecule has 3 rings (SSSR count). The number of hydrogen-bond donors (Lipinski definition) is 0. The summed E-state index contributed by atoms with van der Waals surface area (Å²) in [5.41, 5.74) is 4.12. The second-order valence-corrected chi connectivity index (χ2v) is 4.73. The molecule has 0 aliphatic carbocycles. The molecule has 1 heterocycles. The van der Waals surface area contributed by atoms with Crippen molar-refractivity contribution in [3.63, 3.8) is 0 Å². The monoisotopic (exact) mass is 251 g/mol. The van der Waals surface area contributed by atoms with Crippen LogP contribution >= 0.6 is 0 Å². The van der Waals surface area contributed by atoms with E-state index >= 15 is 0 Å². The van der Waals surface area contributed by atoms with Crippen molar-refractivity contribution in [3.8, 4) is 0 Å². The standard InChI is InChI=1S/C17H14FN/c1-12-15(9-13-5-4-7-16(18)10-13)11-14-6-2-3-8-17(14)19-12/h2-8,10-11H,9H2,1H3. The molecule has 19 heavy (non-hydrogen) atoms. The zero-order valence-corrected chi connectivity index (χ0v) is 10.7. The highest BCUT2D eigenvalue weighted by Crippen LogP contribution is 2.19. The van der Waals surface area contributed by atoms with E-state index in [1.165, 1.54) is 6.07 Å². The molecule has 0 spiro atoms. The van der Waals surface area contributed by atoms with Crippen molar-refractivity contribution < 1.29 is 4.39 Å². The predicted octanol–water partition coefficient (Wildman–Crippen LogP) is 4.27. The fraction of sp³-hybridized carbons (Fsp3) is 0.118. The molecule has 2 aromatic carbocycles. The number of rotatable bonds is 2. The fourth-order valence-corrected chi connectivity index (χ4v) is 2.30. The SMILES string of the molecule is Cc1nc2ccccc2cc1Cc1cccc(F)c1. The van der Waals surface area contributed by atoms with E-state index in [9.17, 15) is 4.39 Å². The molecule has 0 radical (unpaired) electrons. The highest BCUT2D eigenvalue weighted by Gasteiger charge is 2.04. The summed E-state index contributed by atoms with van der Waals surface area (Å²) in [6, 6.07) is 16.9. The van der Waals surface area contributed by atoms with Crippen LogP contribution in [0.4, 0.5) is 4.39 Å². The molecule has 0 saturated heterocycles. The summed E-state index contributed by atoms with van der Waals surface area (Å²) in [4.78, 5) is 4.60. The van der Waals surface area contributed by atoms with Crippen LogP contribution in [0.5, 0.6) is 0 Å². The van der Waals surface area contributed by atoms with E-state index < -0.39 is 0 Å². The molecule has 2 heteroatoms. The molecular formula is C17H14FN. The van der Waals surface area contributed by atoms with Crippen LogP contribution in [0, 0.1) is 12.7 Å². The van der Waals surface area contributed by atoms with Gasteiger partial charge in [-0.3, -0.25) is 4.98 Å². The van der Waals surface area contributed by atoms with Gasteiger partial charge in [0.2, 0.25) is 0 Å². The number of aromatic nitrogens is 1. The topological polar surface area (TPSA) is 12.9 Å². The minimum atomic E-state index is -0.191. The van der Waals surface area contributed by atoms with Crippen molar-refractivity contribution in [1.29, 1.82) is 0 Å². The smallest absolute Gasteiger partial charge is 0.123 e. The average molecular weight is 251 g/mol. The van der Waals surface area contributed by atoms with Crippen LogP contribution in [-0.4, -0.2) is 4.98 Å². The second kappa shape index (κ2) is 4.81. The zero-order chi connectivity index (χ0) is 13.2. The lowest BCUT2D eigenvalue weighted by molar-refractivity contribution is 0.626. The van der Waals surface area contributed by atoms with Crippen LogP contribution in [-0.2, 0) is 6.42 Å². The lowest BCUT2D eigenvalue weighted by Gasteiger charge is -2.08. The van der Waals surface area contributed by atoms with Gasteiger partial charge in [-0.15, -0.1) is 0 Å². The number of fused-ring (bicyclic) bond motifs is 1. The van der Waals surface area contributed by atoms with E-state index in [0.29, 0.717) is 6.42 Å². The fourth-order valence-electron chi connectivity index (χ4n) is 2.30. The normalized spacial score (nSPS) is 10.8. The largest absolute Gasteiger partial charge is 0.253 e. The Morgan fingerprint density at radius 1 is 1.00 bits per heavy atom. The van der Waals surface area contributed by atoms with E-state index in [1.54, 1.807) is 12.1 Å². The van der Waals surface area contributed by atoms with Gasteiger partial charge >= 0.3 is 0 Å². The first-order valence-electron chi connectivity index (χ1n) is 6.32. The van der Waals surface area contributed by atoms with Gasteiger partial charge in [0, 0.05) is 11.1 Å². The van der Waals surface area contributed by atoms with Gasteiger partial charge in [0.1, 0.15) is 5.82 Å². The number of pyridine rings is 1. The van der Waals surface area contributed by atoms with Crippen LogP contribution < -0.4 is 0 Å². The summed E-state index contributed by atoms with van der Waals surface area (Å²) in [7, 11) is 0. The van der Waals surface area contributed by atoms with Crippen molar-refractivity contribution in [1.82, 2.24) is 4.98 Å². The molecule has 0 atom stereocenters. The summed E-state index contributed by atoms with van der Waals surface area (Å²) in [5, 5.41) is 1.12. The van der Waals surface area contributed by atoms with E-state index in [2.05, 4.69) is 17.1 Å². The Morgan fingerprint density at radius 3 is 2.68 bits per heavy atom. The van der Waals surface area contributed by atoms with Crippen LogP contribution in [0.25, 0.3) is 10.9 Å². The summed E-state index contributed by atoms with van der Waals surface area (Å²) in [6.45, 7) is 2.00. The Balaban J connectivity index is 2.03. The van der Waals surface area contributed by atoms with Gasteiger partial charge in [-0.2, -0.15) is 0 Å². The number of para-hydroxylation sites is 1. The Hall–Kier alpha value is -2.22. The van der Waals surface area contributed by atoms with Gasteiger partial charge in [0.25, 0.3) is 0 Å². The van der Waals surface area contributed by atoms with Gasteiger partial charge in [-0.05, 0) is 48.7 Å². The first-order valence-corrected chi connectivity index (χ1v) is 6.32. The quantitative estimate of drug-likeness (QED) is 0.662.